The number of amides is 3. The topological polar surface area (TPSA) is 106 Å². The maximum Gasteiger partial charge on any atom is 0.387 e. The van der Waals surface area contributed by atoms with Gasteiger partial charge in [0.15, 0.2) is 11.5 Å². The lowest BCUT2D eigenvalue weighted by Gasteiger charge is -2.12. The smallest absolute Gasteiger partial charge is 0.387 e. The van der Waals surface area contributed by atoms with Gasteiger partial charge in [0.1, 0.15) is 0 Å². The number of ether oxygens (including phenoxy) is 2. The molecular formula is C16H17F2N3O5. The quantitative estimate of drug-likeness (QED) is 0.390. The van der Waals surface area contributed by atoms with Gasteiger partial charge in [-0.3, -0.25) is 25.2 Å². The molecule has 1 aliphatic carbocycles. The first-order chi connectivity index (χ1) is 12.4. The molecule has 0 bridgehead atoms. The van der Waals surface area contributed by atoms with Crippen LogP contribution in [0.2, 0.25) is 0 Å². The first kappa shape index (κ1) is 19.2. The lowest BCUT2D eigenvalue weighted by molar-refractivity contribution is -0.140. The van der Waals surface area contributed by atoms with Crippen molar-refractivity contribution in [3.8, 4) is 11.5 Å². The van der Waals surface area contributed by atoms with Crippen molar-refractivity contribution >= 4 is 23.8 Å². The van der Waals surface area contributed by atoms with Crippen LogP contribution in [0.25, 0.3) is 6.08 Å². The normalized spacial score (nSPS) is 13.4. The molecule has 0 aromatic heterocycles. The number of para-hydroxylation sites is 1. The zero-order valence-electron chi connectivity index (χ0n) is 13.8. The first-order valence-electron chi connectivity index (χ1n) is 7.61. The Labute approximate surface area is 147 Å². The van der Waals surface area contributed by atoms with E-state index in [-0.39, 0.29) is 23.1 Å². The number of methoxy groups -OCH3 is 1. The fraction of sp³-hybridized carbons (Fsp3) is 0.312. The summed E-state index contributed by atoms with van der Waals surface area (Å²) in [4.78, 5) is 34.6. The van der Waals surface area contributed by atoms with E-state index in [1.807, 2.05) is 10.9 Å². The van der Waals surface area contributed by atoms with Crippen LogP contribution in [0.3, 0.4) is 0 Å². The zero-order valence-corrected chi connectivity index (χ0v) is 13.8. The van der Waals surface area contributed by atoms with E-state index in [4.69, 9.17) is 4.74 Å². The molecule has 0 saturated heterocycles. The number of halogens is 2. The minimum Gasteiger partial charge on any atom is -0.493 e. The van der Waals surface area contributed by atoms with Gasteiger partial charge < -0.3 is 14.8 Å². The second kappa shape index (κ2) is 8.79. The van der Waals surface area contributed by atoms with E-state index in [1.165, 1.54) is 31.4 Å². The Morgan fingerprint density at radius 2 is 1.92 bits per heavy atom. The van der Waals surface area contributed by atoms with Crippen LogP contribution in [-0.4, -0.2) is 37.5 Å². The van der Waals surface area contributed by atoms with Crippen molar-refractivity contribution in [3.05, 3.63) is 29.8 Å². The molecule has 0 heterocycles. The summed E-state index contributed by atoms with van der Waals surface area (Å²) in [6.07, 6.45) is 3.81. The lowest BCUT2D eigenvalue weighted by Crippen LogP contribution is -2.48. The van der Waals surface area contributed by atoms with Gasteiger partial charge in [-0.15, -0.1) is 0 Å². The fourth-order valence-corrected chi connectivity index (χ4v) is 1.90. The highest BCUT2D eigenvalue weighted by molar-refractivity contribution is 6.35. The molecule has 1 aliphatic rings. The van der Waals surface area contributed by atoms with Gasteiger partial charge >= 0.3 is 18.4 Å². The summed E-state index contributed by atoms with van der Waals surface area (Å²) >= 11 is 0. The Bertz CT molecular complexity index is 720. The van der Waals surface area contributed by atoms with Crippen molar-refractivity contribution < 1.29 is 32.6 Å². The third kappa shape index (κ3) is 5.72. The molecule has 1 aromatic carbocycles. The van der Waals surface area contributed by atoms with Crippen molar-refractivity contribution in [1.29, 1.82) is 0 Å². The molecule has 3 amide bonds. The number of hydrazine groups is 1. The Balaban J connectivity index is 1.94. The average molecular weight is 369 g/mol. The summed E-state index contributed by atoms with van der Waals surface area (Å²) in [5, 5.41) is 2.45. The van der Waals surface area contributed by atoms with E-state index in [0.29, 0.717) is 0 Å². The molecule has 1 saturated carbocycles. The number of hydrogen-bond acceptors (Lipinski definition) is 5. The largest absolute Gasteiger partial charge is 0.493 e. The zero-order chi connectivity index (χ0) is 19.1. The second-order valence-electron chi connectivity index (χ2n) is 5.28. The van der Waals surface area contributed by atoms with Crippen LogP contribution in [-0.2, 0) is 14.4 Å². The van der Waals surface area contributed by atoms with Crippen LogP contribution in [0.4, 0.5) is 8.78 Å². The van der Waals surface area contributed by atoms with E-state index < -0.39 is 24.3 Å². The molecule has 1 fully saturated rings. The molecule has 0 spiro atoms. The van der Waals surface area contributed by atoms with Crippen LogP contribution < -0.4 is 25.6 Å². The molecule has 8 nitrogen and oxygen atoms in total. The summed E-state index contributed by atoms with van der Waals surface area (Å²) in [6, 6.07) is 4.39. The Hall–Kier alpha value is -3.17. The van der Waals surface area contributed by atoms with Crippen molar-refractivity contribution in [3.63, 3.8) is 0 Å². The minimum absolute atomic E-state index is 0.00478. The van der Waals surface area contributed by atoms with Crippen molar-refractivity contribution in [2.75, 3.05) is 7.11 Å². The Morgan fingerprint density at radius 1 is 1.19 bits per heavy atom. The maximum absolute atomic E-state index is 12.5. The second-order valence-corrected chi connectivity index (χ2v) is 5.28. The van der Waals surface area contributed by atoms with Crippen LogP contribution in [0.5, 0.6) is 11.5 Å². The molecule has 3 N–H and O–H groups in total. The van der Waals surface area contributed by atoms with Gasteiger partial charge in [-0.1, -0.05) is 12.1 Å². The summed E-state index contributed by atoms with van der Waals surface area (Å²) in [5.41, 5.74) is 4.12. The summed E-state index contributed by atoms with van der Waals surface area (Å²) < 4.78 is 34.4. The third-order valence-electron chi connectivity index (χ3n) is 3.27. The molecule has 140 valence electrons. The Kier molecular flexibility index (Phi) is 6.48. The molecule has 26 heavy (non-hydrogen) atoms. The van der Waals surface area contributed by atoms with E-state index in [1.54, 1.807) is 0 Å². The summed E-state index contributed by atoms with van der Waals surface area (Å²) in [5.74, 6) is -2.80. The van der Waals surface area contributed by atoms with Crippen molar-refractivity contribution in [1.82, 2.24) is 16.2 Å². The molecule has 1 aromatic rings. The molecule has 10 heteroatoms. The molecular weight excluding hydrogens is 352 g/mol. The van der Waals surface area contributed by atoms with E-state index in [0.717, 1.165) is 18.9 Å². The lowest BCUT2D eigenvalue weighted by atomic mass is 10.1. The van der Waals surface area contributed by atoms with Crippen molar-refractivity contribution in [2.45, 2.75) is 25.5 Å². The van der Waals surface area contributed by atoms with Gasteiger partial charge in [-0.2, -0.15) is 8.78 Å². The van der Waals surface area contributed by atoms with E-state index >= 15 is 0 Å². The molecule has 0 radical (unpaired) electrons. The van der Waals surface area contributed by atoms with Gasteiger partial charge in [-0.05, 0) is 25.0 Å². The van der Waals surface area contributed by atoms with Gasteiger partial charge in [-0.25, -0.2) is 0 Å². The number of carbonyl (C=O) groups is 3. The monoisotopic (exact) mass is 369 g/mol. The van der Waals surface area contributed by atoms with Gasteiger partial charge in [0.05, 0.1) is 7.11 Å². The SMILES string of the molecule is COc1cccc(/C=C/C(=O)NNC(=O)C(=O)NC2CC2)c1OC(F)F. The highest BCUT2D eigenvalue weighted by Gasteiger charge is 2.26. The predicted octanol–water partition coefficient (Wildman–Crippen LogP) is 0.736. The van der Waals surface area contributed by atoms with Crippen molar-refractivity contribution in [2.24, 2.45) is 0 Å². The number of nitrogens with one attached hydrogen (secondary N) is 3. The summed E-state index contributed by atoms with van der Waals surface area (Å²) in [7, 11) is 1.29. The van der Waals surface area contributed by atoms with Crippen LogP contribution in [0, 0.1) is 0 Å². The third-order valence-corrected chi connectivity index (χ3v) is 3.27. The highest BCUT2D eigenvalue weighted by atomic mass is 19.3. The molecule has 0 aliphatic heterocycles. The molecule has 0 atom stereocenters. The standard InChI is InChI=1S/C16H17F2N3O5/c1-25-11-4-2-3-9(13(11)26-16(17)18)5-8-12(22)20-21-15(24)14(23)19-10-6-7-10/h2-5,8,10,16H,6-7H2,1H3,(H,19,23)(H,20,22)(H,21,24)/b8-5+. The highest BCUT2D eigenvalue weighted by Crippen LogP contribution is 2.33. The van der Waals surface area contributed by atoms with Gasteiger partial charge in [0, 0.05) is 17.7 Å². The minimum atomic E-state index is -3.07. The summed E-state index contributed by atoms with van der Waals surface area (Å²) in [6.45, 7) is -3.07. The number of carbonyl (C=O) groups excluding carboxylic acids is 3. The van der Waals surface area contributed by atoms with Crippen LogP contribution >= 0.6 is 0 Å². The first-order valence-corrected chi connectivity index (χ1v) is 7.61. The maximum atomic E-state index is 12.5. The predicted molar refractivity (Wildman–Crippen MR) is 86.1 cm³/mol. The average Bonchev–Trinajstić information content (AvgIpc) is 3.42. The number of benzene rings is 1. The van der Waals surface area contributed by atoms with E-state index in [2.05, 4.69) is 10.1 Å². The van der Waals surface area contributed by atoms with Crippen LogP contribution in [0.1, 0.15) is 18.4 Å². The van der Waals surface area contributed by atoms with Gasteiger partial charge in [0.2, 0.25) is 0 Å². The molecule has 2 rings (SSSR count). The fourth-order valence-electron chi connectivity index (χ4n) is 1.90. The van der Waals surface area contributed by atoms with Crippen LogP contribution in [0.15, 0.2) is 24.3 Å². The number of alkyl halides is 2. The number of hydrogen-bond donors (Lipinski definition) is 3. The Morgan fingerprint density at radius 3 is 2.54 bits per heavy atom. The number of rotatable bonds is 6. The van der Waals surface area contributed by atoms with E-state index in [9.17, 15) is 23.2 Å². The molecule has 0 unspecified atom stereocenters. The van der Waals surface area contributed by atoms with Gasteiger partial charge in [0.25, 0.3) is 5.91 Å².